The minimum Gasteiger partial charge on any atom is -0.309 e. The fourth-order valence-corrected chi connectivity index (χ4v) is 12.8. The van der Waals surface area contributed by atoms with Gasteiger partial charge in [-0.25, -0.2) is 29.9 Å². The van der Waals surface area contributed by atoms with Crippen molar-refractivity contribution in [2.45, 2.75) is 0 Å². The van der Waals surface area contributed by atoms with E-state index in [1.165, 1.54) is 0 Å². The SMILES string of the molecule is N#Cc1ccc(-c2ccc3c(c2)c2ccccc2n3-c2ccc(-c3ccc(-n4c5ccccc5c5cc(-c6ccc(C#N)cc6C#N)ccc54)c(-c4nc(-c5ccccc5)nc(-c5ccccc5)n4)c3)cc2-c2nc(-c3ccccc3)nc(-c3ccccc3)n2)c(C#N)c1. The van der Waals surface area contributed by atoms with Crippen LogP contribution >= 0.6 is 0 Å². The van der Waals surface area contributed by atoms with Gasteiger partial charge in [0.25, 0.3) is 0 Å². The highest BCUT2D eigenvalue weighted by Crippen LogP contribution is 2.44. The number of hydrogen-bond acceptors (Lipinski definition) is 10. The predicted octanol–water partition coefficient (Wildman–Crippen LogP) is 18.7. The Morgan fingerprint density at radius 3 is 0.894 bits per heavy atom. The average Bonchev–Trinajstić information content (AvgIpc) is 1.56. The molecule has 12 aromatic carbocycles. The van der Waals surface area contributed by atoms with Crippen molar-refractivity contribution in [2.24, 2.45) is 0 Å². The lowest BCUT2D eigenvalue weighted by atomic mass is 9.96. The highest BCUT2D eigenvalue weighted by molar-refractivity contribution is 6.12. The maximum Gasteiger partial charge on any atom is 0.166 e. The summed E-state index contributed by atoms with van der Waals surface area (Å²) < 4.78 is 4.52. The van der Waals surface area contributed by atoms with Crippen LogP contribution in [0.3, 0.4) is 0 Å². The standard InChI is InChI=1S/C82H46N12/c83-47-51-29-35-63(61(41-51)49-85)59-33-39-73-67(45-59)65-25-13-15-27-71(65)93(73)75-37-31-57(43-69(75)81-89-77(53-17-5-1-6-18-53)87-78(90-81)54-19-7-2-8-20-54)58-32-38-76(70(44-58)82-91-79(55-21-9-3-10-22-55)88-80(92-82)56-23-11-4-12-24-56)94-72-28-16-14-26-66(72)68-46-60(34-40-74(68)94)64-36-30-52(48-84)42-62(64)50-86/h1-46H. The van der Waals surface area contributed by atoms with Crippen molar-refractivity contribution in [3.63, 3.8) is 0 Å². The second-order valence-corrected chi connectivity index (χ2v) is 22.7. The molecule has 4 heterocycles. The van der Waals surface area contributed by atoms with E-state index in [1.54, 1.807) is 24.3 Å². The zero-order valence-corrected chi connectivity index (χ0v) is 49.9. The van der Waals surface area contributed by atoms with Crippen molar-refractivity contribution in [3.05, 3.63) is 301 Å². The molecule has 0 aliphatic heterocycles. The van der Waals surface area contributed by atoms with E-state index < -0.39 is 0 Å². The molecule has 0 saturated heterocycles. The van der Waals surface area contributed by atoms with E-state index in [-0.39, 0.29) is 0 Å². The molecule has 0 radical (unpaired) electrons. The van der Waals surface area contributed by atoms with Crippen LogP contribution in [0.5, 0.6) is 0 Å². The lowest BCUT2D eigenvalue weighted by Gasteiger charge is -2.18. The third-order valence-corrected chi connectivity index (χ3v) is 17.2. The van der Waals surface area contributed by atoms with Crippen molar-refractivity contribution in [3.8, 4) is 137 Å². The third-order valence-electron chi connectivity index (χ3n) is 17.2. The van der Waals surface area contributed by atoms with Gasteiger partial charge in [0.05, 0.1) is 80.0 Å². The van der Waals surface area contributed by atoms with E-state index in [0.29, 0.717) is 57.2 Å². The van der Waals surface area contributed by atoms with E-state index in [0.717, 1.165) is 122 Å². The van der Waals surface area contributed by atoms with Crippen LogP contribution < -0.4 is 0 Å². The quantitative estimate of drug-likeness (QED) is 0.121. The summed E-state index contributed by atoms with van der Waals surface area (Å²) >= 11 is 0. The third kappa shape index (κ3) is 9.79. The van der Waals surface area contributed by atoms with Gasteiger partial charge in [-0.05, 0) is 118 Å². The second kappa shape index (κ2) is 23.3. The summed E-state index contributed by atoms with van der Waals surface area (Å²) in [6.45, 7) is 0. The molecule has 0 fully saturated rings. The summed E-state index contributed by atoms with van der Waals surface area (Å²) in [4.78, 5) is 31.8. The van der Waals surface area contributed by atoms with Crippen molar-refractivity contribution >= 4 is 43.6 Å². The molecule has 0 amide bonds. The van der Waals surface area contributed by atoms with Crippen LogP contribution in [0.25, 0.3) is 157 Å². The first kappa shape index (κ1) is 55.5. The van der Waals surface area contributed by atoms with Gasteiger partial charge in [-0.15, -0.1) is 0 Å². The minimum atomic E-state index is 0.416. The Hall–Kier alpha value is -13.8. The second-order valence-electron chi connectivity index (χ2n) is 22.7. The number of benzene rings is 12. The average molecular weight is 1200 g/mol. The van der Waals surface area contributed by atoms with Crippen molar-refractivity contribution in [2.75, 3.05) is 0 Å². The molecule has 0 bridgehead atoms. The molecule has 16 rings (SSSR count). The summed E-state index contributed by atoms with van der Waals surface area (Å²) in [5, 5.41) is 44.1. The molecule has 0 aliphatic rings. The number of hydrogen-bond donors (Lipinski definition) is 0. The minimum absolute atomic E-state index is 0.416. The van der Waals surface area contributed by atoms with Gasteiger partial charge in [-0.2, -0.15) is 21.0 Å². The molecule has 0 atom stereocenters. The van der Waals surface area contributed by atoms with Gasteiger partial charge in [0.15, 0.2) is 34.9 Å². The zero-order valence-electron chi connectivity index (χ0n) is 49.9. The number of aromatic nitrogens is 8. The van der Waals surface area contributed by atoms with Crippen LogP contribution in [0.1, 0.15) is 22.3 Å². The largest absolute Gasteiger partial charge is 0.309 e. The predicted molar refractivity (Wildman–Crippen MR) is 370 cm³/mol. The summed E-state index contributed by atoms with van der Waals surface area (Å²) in [7, 11) is 0. The van der Waals surface area contributed by atoms with Crippen molar-refractivity contribution in [1.29, 1.82) is 21.0 Å². The molecule has 94 heavy (non-hydrogen) atoms. The van der Waals surface area contributed by atoms with E-state index >= 15 is 0 Å². The molecule has 0 aliphatic carbocycles. The van der Waals surface area contributed by atoms with Gasteiger partial charge < -0.3 is 9.13 Å². The summed E-state index contributed by atoms with van der Waals surface area (Å²) in [5.41, 5.74) is 16.6. The van der Waals surface area contributed by atoms with E-state index in [2.05, 4.69) is 118 Å². The van der Waals surface area contributed by atoms with Gasteiger partial charge in [-0.1, -0.05) is 194 Å². The molecular weight excluding hydrogens is 1150 g/mol. The van der Waals surface area contributed by atoms with Gasteiger partial charge in [0, 0.05) is 54.9 Å². The number of nitriles is 4. The molecule has 4 aromatic heterocycles. The maximum atomic E-state index is 10.3. The zero-order chi connectivity index (χ0) is 63.2. The summed E-state index contributed by atoms with van der Waals surface area (Å²) in [6, 6.07) is 101. The first-order valence-corrected chi connectivity index (χ1v) is 30.4. The monoisotopic (exact) mass is 1200 g/mol. The Morgan fingerprint density at radius 2 is 0.543 bits per heavy atom. The summed E-state index contributed by atoms with van der Waals surface area (Å²) in [6.07, 6.45) is 0. The molecular formula is C82H46N12. The van der Waals surface area contributed by atoms with Crippen LogP contribution in [0.15, 0.2) is 279 Å². The number of nitrogens with zero attached hydrogens (tertiary/aromatic N) is 12. The van der Waals surface area contributed by atoms with Gasteiger partial charge in [0.1, 0.15) is 0 Å². The van der Waals surface area contributed by atoms with Crippen LogP contribution in [0, 0.1) is 45.3 Å². The van der Waals surface area contributed by atoms with E-state index in [4.69, 9.17) is 29.9 Å². The normalized spacial score (nSPS) is 11.1. The Bertz CT molecular complexity index is 5430. The number of fused-ring (bicyclic) bond motifs is 6. The molecule has 0 saturated carbocycles. The first-order valence-electron chi connectivity index (χ1n) is 30.4. The fourth-order valence-electron chi connectivity index (χ4n) is 12.8. The molecule has 16 aromatic rings. The molecule has 434 valence electrons. The van der Waals surface area contributed by atoms with Crippen LogP contribution in [0.4, 0.5) is 0 Å². The number of rotatable bonds is 11. The Labute approximate surface area is 539 Å². The Kier molecular flexibility index (Phi) is 13.8. The van der Waals surface area contributed by atoms with Gasteiger partial charge >= 0.3 is 0 Å². The Balaban J connectivity index is 0.961. The van der Waals surface area contributed by atoms with Gasteiger partial charge in [0.2, 0.25) is 0 Å². The molecule has 12 nitrogen and oxygen atoms in total. The molecule has 0 N–H and O–H groups in total. The highest BCUT2D eigenvalue weighted by Gasteiger charge is 2.25. The topological polar surface area (TPSA) is 182 Å². The van der Waals surface area contributed by atoms with Crippen LogP contribution in [-0.2, 0) is 0 Å². The highest BCUT2D eigenvalue weighted by atomic mass is 15.1. The lowest BCUT2D eigenvalue weighted by molar-refractivity contribution is 1.06. The maximum absolute atomic E-state index is 10.3. The smallest absolute Gasteiger partial charge is 0.166 e. The number of para-hydroxylation sites is 2. The van der Waals surface area contributed by atoms with Crippen LogP contribution in [-0.4, -0.2) is 39.0 Å². The Morgan fingerprint density at radius 1 is 0.223 bits per heavy atom. The van der Waals surface area contributed by atoms with E-state index in [1.807, 2.05) is 170 Å². The van der Waals surface area contributed by atoms with Crippen molar-refractivity contribution in [1.82, 2.24) is 39.0 Å². The molecule has 0 spiro atoms. The molecule has 0 unspecified atom stereocenters. The van der Waals surface area contributed by atoms with Gasteiger partial charge in [-0.3, -0.25) is 0 Å². The first-order chi connectivity index (χ1) is 46.4. The molecule has 12 heteroatoms. The lowest BCUT2D eigenvalue weighted by Crippen LogP contribution is -2.05. The van der Waals surface area contributed by atoms with E-state index in [9.17, 15) is 21.0 Å². The fraction of sp³-hybridized carbons (Fsp3) is 0. The van der Waals surface area contributed by atoms with Crippen LogP contribution in [0.2, 0.25) is 0 Å². The summed E-state index contributed by atoms with van der Waals surface area (Å²) in [5.74, 6) is 2.93. The van der Waals surface area contributed by atoms with Crippen molar-refractivity contribution < 1.29 is 0 Å².